The zero-order valence-electron chi connectivity index (χ0n) is 12.9. The summed E-state index contributed by atoms with van der Waals surface area (Å²) in [5, 5.41) is 13.3. The highest BCUT2D eigenvalue weighted by Crippen LogP contribution is 2.57. The Morgan fingerprint density at radius 2 is 1.59 bits per heavy atom. The average molecular weight is 308 g/mol. The molecule has 0 heterocycles. The van der Waals surface area contributed by atoms with Crippen molar-refractivity contribution in [2.45, 2.75) is 24.7 Å². The fraction of sp³-hybridized carbons (Fsp3) is 0.200. The molecule has 10 radical (unpaired) electrons. The Bertz CT molecular complexity index is 466. The monoisotopic (exact) mass is 308 g/mol. The molecule has 0 saturated heterocycles. The molecule has 2 aliphatic rings. The smallest absolute Gasteiger partial charge is 0.104 e. The van der Waals surface area contributed by atoms with Gasteiger partial charge in [0.15, 0.2) is 0 Å². The van der Waals surface area contributed by atoms with E-state index in [1.807, 2.05) is 68.9 Å². The summed E-state index contributed by atoms with van der Waals surface area (Å²) in [7, 11) is 0. The highest BCUT2D eigenvalue weighted by molar-refractivity contribution is 8.03. The second-order valence-electron chi connectivity index (χ2n) is 5.72. The van der Waals surface area contributed by atoms with Crippen LogP contribution in [-0.2, 0) is 5.60 Å². The maximum absolute atomic E-state index is 11.7. The first-order valence-electron chi connectivity index (χ1n) is 7.55. The van der Waals surface area contributed by atoms with Gasteiger partial charge in [-0.3, -0.25) is 0 Å². The van der Waals surface area contributed by atoms with Gasteiger partial charge in [0.05, 0.1) is 0 Å². The lowest BCUT2D eigenvalue weighted by molar-refractivity contribution is 0.0831. The summed E-state index contributed by atoms with van der Waals surface area (Å²) >= 11 is 1.79. The van der Waals surface area contributed by atoms with Gasteiger partial charge < -0.3 is 5.11 Å². The summed E-state index contributed by atoms with van der Waals surface area (Å²) in [6.07, 6.45) is 14.1. The van der Waals surface area contributed by atoms with Crippen LogP contribution >= 0.6 is 11.8 Å². The van der Waals surface area contributed by atoms with Gasteiger partial charge in [-0.25, -0.2) is 0 Å². The fourth-order valence-corrected chi connectivity index (χ4v) is 3.84. The van der Waals surface area contributed by atoms with Gasteiger partial charge in [0.25, 0.3) is 0 Å². The molecule has 3 rings (SSSR count). The molecule has 0 unspecified atom stereocenters. The largest absolute Gasteiger partial charge is 0.384 e. The molecular formula is C20H20OS. The van der Waals surface area contributed by atoms with E-state index in [0.29, 0.717) is 5.25 Å². The van der Waals surface area contributed by atoms with Crippen molar-refractivity contribution in [1.82, 2.24) is 0 Å². The van der Waals surface area contributed by atoms with E-state index < -0.39 is 5.60 Å². The molecule has 1 aromatic carbocycles. The molecule has 2 saturated carbocycles. The number of hydrogen-bond acceptors (Lipinski definition) is 2. The second-order valence-corrected chi connectivity index (χ2v) is 7.34. The van der Waals surface area contributed by atoms with Crippen molar-refractivity contribution < 1.29 is 5.11 Å². The van der Waals surface area contributed by atoms with Gasteiger partial charge in [-0.15, -0.1) is 11.8 Å². The summed E-state index contributed by atoms with van der Waals surface area (Å²) < 4.78 is 0. The molecular weight excluding hydrogens is 288 g/mol. The van der Waals surface area contributed by atoms with Crippen molar-refractivity contribution in [1.29, 1.82) is 0 Å². The van der Waals surface area contributed by atoms with Gasteiger partial charge in [-0.1, -0.05) is 44.2 Å². The van der Waals surface area contributed by atoms with E-state index in [2.05, 4.69) is 20.3 Å². The lowest BCUT2D eigenvalue weighted by atomic mass is 9.70. The van der Waals surface area contributed by atoms with Gasteiger partial charge in [-0.05, 0) is 55.8 Å². The molecule has 0 bridgehead atoms. The Hall–Kier alpha value is -0.470. The lowest BCUT2D eigenvalue weighted by Crippen LogP contribution is -2.40. The maximum atomic E-state index is 11.7. The Morgan fingerprint density at radius 3 is 2.23 bits per heavy atom. The molecule has 0 aliphatic heterocycles. The summed E-state index contributed by atoms with van der Waals surface area (Å²) in [4.78, 5) is 0. The van der Waals surface area contributed by atoms with E-state index in [1.165, 1.54) is 0 Å². The molecule has 1 nitrogen and oxygen atoms in total. The topological polar surface area (TPSA) is 20.2 Å². The number of hydrogen-bond donors (Lipinski definition) is 1. The first-order chi connectivity index (χ1) is 10.6. The van der Waals surface area contributed by atoms with Crippen LogP contribution in [-0.4, -0.2) is 10.4 Å². The predicted molar refractivity (Wildman–Crippen MR) is 92.9 cm³/mol. The molecule has 0 amide bonds. The Labute approximate surface area is 139 Å². The van der Waals surface area contributed by atoms with Crippen molar-refractivity contribution in [3.63, 3.8) is 0 Å². The van der Waals surface area contributed by atoms with Crippen molar-refractivity contribution >= 4 is 11.8 Å². The standard InChI is InChI=1S/C20H20OS/c1-15(2)22-19-14-8-13-18(19)20(21,17-11-6-7-12-17)16-9-4-3-5-10-16/h3-15,21H,1-2H3/t20-/m0/s1. The van der Waals surface area contributed by atoms with Gasteiger partial charge in [0.1, 0.15) is 5.60 Å². The molecule has 0 spiro atoms. The number of thioether (sulfide) groups is 1. The molecule has 1 atom stereocenters. The molecule has 112 valence electrons. The van der Waals surface area contributed by atoms with E-state index >= 15 is 0 Å². The van der Waals surface area contributed by atoms with Crippen LogP contribution in [0.5, 0.6) is 0 Å². The SMILES string of the molecule is CC(C)S[C]1[CH][CH][CH][C]1[C@@](O)([C]1[CH][CH][CH][CH]1)c1ccccc1. The highest BCUT2D eigenvalue weighted by Gasteiger charge is 2.52. The number of benzene rings is 1. The van der Waals surface area contributed by atoms with Crippen LogP contribution in [0, 0.1) is 62.0 Å². The Balaban J connectivity index is 1.94. The average Bonchev–Trinajstić information content (AvgIpc) is 3.18. The third-order valence-electron chi connectivity index (χ3n) is 3.80. The van der Waals surface area contributed by atoms with Gasteiger partial charge >= 0.3 is 0 Å². The molecule has 2 aliphatic carbocycles. The first kappa shape index (κ1) is 16.4. The zero-order valence-corrected chi connectivity index (χ0v) is 13.7. The van der Waals surface area contributed by atoms with Crippen molar-refractivity contribution in [2.75, 3.05) is 0 Å². The number of rotatable bonds is 5. The fourth-order valence-electron chi connectivity index (χ4n) is 2.83. The quantitative estimate of drug-likeness (QED) is 0.881. The summed E-state index contributed by atoms with van der Waals surface area (Å²) in [5.41, 5.74) is -0.205. The predicted octanol–water partition coefficient (Wildman–Crippen LogP) is 4.15. The highest BCUT2D eigenvalue weighted by atomic mass is 32.2. The second kappa shape index (κ2) is 6.97. The van der Waals surface area contributed by atoms with Crippen LogP contribution in [0.25, 0.3) is 0 Å². The van der Waals surface area contributed by atoms with Gasteiger partial charge in [0, 0.05) is 17.1 Å². The van der Waals surface area contributed by atoms with Crippen molar-refractivity contribution in [2.24, 2.45) is 0 Å². The maximum Gasteiger partial charge on any atom is 0.104 e. The minimum Gasteiger partial charge on any atom is -0.384 e. The van der Waals surface area contributed by atoms with E-state index in [4.69, 9.17) is 0 Å². The normalized spacial score (nSPS) is 24.2. The zero-order chi connectivity index (χ0) is 15.6. The van der Waals surface area contributed by atoms with Gasteiger partial charge in [0.2, 0.25) is 0 Å². The molecule has 0 aromatic heterocycles. The van der Waals surface area contributed by atoms with Crippen molar-refractivity contribution in [3.8, 4) is 0 Å². The molecule has 22 heavy (non-hydrogen) atoms. The minimum atomic E-state index is -1.11. The summed E-state index contributed by atoms with van der Waals surface area (Å²) in [5.74, 6) is 1.87. The van der Waals surface area contributed by atoms with Crippen molar-refractivity contribution in [3.05, 3.63) is 97.9 Å². The summed E-state index contributed by atoms with van der Waals surface area (Å²) in [6, 6.07) is 9.90. The third kappa shape index (κ3) is 3.10. The van der Waals surface area contributed by atoms with Crippen LogP contribution in [0.15, 0.2) is 30.3 Å². The van der Waals surface area contributed by atoms with Crippen LogP contribution in [0.4, 0.5) is 0 Å². The molecule has 2 fully saturated rings. The lowest BCUT2D eigenvalue weighted by Gasteiger charge is -2.41. The van der Waals surface area contributed by atoms with E-state index in [9.17, 15) is 5.11 Å². The van der Waals surface area contributed by atoms with E-state index in [0.717, 1.165) is 22.6 Å². The first-order valence-corrected chi connectivity index (χ1v) is 8.43. The van der Waals surface area contributed by atoms with E-state index in [-0.39, 0.29) is 0 Å². The molecule has 1 aromatic rings. The summed E-state index contributed by atoms with van der Waals surface area (Å²) in [6.45, 7) is 4.34. The minimum absolute atomic E-state index is 0.473. The van der Waals surface area contributed by atoms with Crippen LogP contribution in [0.2, 0.25) is 0 Å². The van der Waals surface area contributed by atoms with Crippen LogP contribution in [0.3, 0.4) is 0 Å². The molecule has 2 heteroatoms. The Kier molecular flexibility index (Phi) is 5.19. The molecule has 1 N–H and O–H groups in total. The van der Waals surface area contributed by atoms with Gasteiger partial charge in [-0.2, -0.15) is 0 Å². The third-order valence-corrected chi connectivity index (χ3v) is 4.88. The van der Waals surface area contributed by atoms with Crippen LogP contribution in [0.1, 0.15) is 19.4 Å². The van der Waals surface area contributed by atoms with E-state index in [1.54, 1.807) is 11.8 Å². The van der Waals surface area contributed by atoms with Crippen LogP contribution < -0.4 is 0 Å². The number of aliphatic hydroxyl groups is 1. The Morgan fingerprint density at radius 1 is 0.909 bits per heavy atom.